The zero-order valence-corrected chi connectivity index (χ0v) is 18.4. The summed E-state index contributed by atoms with van der Waals surface area (Å²) < 4.78 is 10.5. The SMILES string of the molecule is CCOC(=O)Cc1csc(NN=Cc2ccc(OC)c(CN3CCSCC3)c2)n1. The highest BCUT2D eigenvalue weighted by atomic mass is 32.2. The molecule has 9 heteroatoms. The molecule has 0 unspecified atom stereocenters. The average molecular weight is 435 g/mol. The van der Waals surface area contributed by atoms with Crippen LogP contribution >= 0.6 is 23.1 Å². The van der Waals surface area contributed by atoms with Gasteiger partial charge in [0.25, 0.3) is 0 Å². The molecule has 7 nitrogen and oxygen atoms in total. The minimum Gasteiger partial charge on any atom is -0.496 e. The minimum atomic E-state index is -0.272. The van der Waals surface area contributed by atoms with Crippen molar-refractivity contribution in [1.29, 1.82) is 0 Å². The van der Waals surface area contributed by atoms with Crippen molar-refractivity contribution in [3.63, 3.8) is 0 Å². The van der Waals surface area contributed by atoms with Crippen molar-refractivity contribution in [2.45, 2.75) is 19.9 Å². The fraction of sp³-hybridized carbons (Fsp3) is 0.450. The van der Waals surface area contributed by atoms with E-state index in [9.17, 15) is 4.79 Å². The van der Waals surface area contributed by atoms with E-state index in [0.29, 0.717) is 17.4 Å². The number of thioether (sulfide) groups is 1. The zero-order chi connectivity index (χ0) is 20.5. The van der Waals surface area contributed by atoms with Crippen LogP contribution in [0, 0.1) is 0 Å². The second-order valence-electron chi connectivity index (χ2n) is 6.46. The molecule has 1 aliphatic rings. The molecule has 2 aromatic rings. The van der Waals surface area contributed by atoms with Gasteiger partial charge in [0.1, 0.15) is 5.75 Å². The number of rotatable bonds is 9. The first-order chi connectivity index (χ1) is 14.2. The zero-order valence-electron chi connectivity index (χ0n) is 16.7. The normalized spacial score (nSPS) is 14.8. The van der Waals surface area contributed by atoms with Gasteiger partial charge in [-0.25, -0.2) is 4.98 Å². The van der Waals surface area contributed by atoms with Gasteiger partial charge in [-0.15, -0.1) is 11.3 Å². The van der Waals surface area contributed by atoms with E-state index in [1.54, 1.807) is 20.2 Å². The summed E-state index contributed by atoms with van der Waals surface area (Å²) in [5.74, 6) is 2.99. The first-order valence-corrected chi connectivity index (χ1v) is 11.6. The van der Waals surface area contributed by atoms with Gasteiger partial charge in [0.15, 0.2) is 0 Å². The van der Waals surface area contributed by atoms with Crippen molar-refractivity contribution in [3.05, 3.63) is 40.4 Å². The molecule has 0 radical (unpaired) electrons. The first kappa shape index (κ1) is 21.6. The molecule has 29 heavy (non-hydrogen) atoms. The topological polar surface area (TPSA) is 76.1 Å². The van der Waals surface area contributed by atoms with E-state index in [-0.39, 0.29) is 12.4 Å². The van der Waals surface area contributed by atoms with Crippen molar-refractivity contribution < 1.29 is 14.3 Å². The van der Waals surface area contributed by atoms with Crippen LogP contribution in [-0.4, -0.2) is 60.4 Å². The number of nitrogens with one attached hydrogen (secondary N) is 1. The molecule has 3 rings (SSSR count). The number of methoxy groups -OCH3 is 1. The lowest BCUT2D eigenvalue weighted by Gasteiger charge is -2.26. The molecule has 0 atom stereocenters. The quantitative estimate of drug-likeness (QED) is 0.369. The van der Waals surface area contributed by atoms with E-state index < -0.39 is 0 Å². The predicted molar refractivity (Wildman–Crippen MR) is 119 cm³/mol. The number of aromatic nitrogens is 1. The summed E-state index contributed by atoms with van der Waals surface area (Å²) in [6.07, 6.45) is 1.94. The Labute approximate surface area is 179 Å². The molecule has 1 saturated heterocycles. The molecular formula is C20H26N4O3S2. The number of ether oxygens (including phenoxy) is 2. The number of thiazole rings is 1. The molecule has 1 N–H and O–H groups in total. The molecule has 0 bridgehead atoms. The second kappa shape index (κ2) is 11.2. The number of carbonyl (C=O) groups excluding carboxylic acids is 1. The Kier molecular flexibility index (Phi) is 8.33. The highest BCUT2D eigenvalue weighted by molar-refractivity contribution is 7.99. The highest BCUT2D eigenvalue weighted by Gasteiger charge is 2.13. The third-order valence-corrected chi connectivity index (χ3v) is 6.10. The van der Waals surface area contributed by atoms with Gasteiger partial charge in [-0.2, -0.15) is 16.9 Å². The van der Waals surface area contributed by atoms with E-state index in [0.717, 1.165) is 36.5 Å². The Morgan fingerprint density at radius 1 is 1.38 bits per heavy atom. The number of esters is 1. The molecule has 1 aromatic heterocycles. The molecular weight excluding hydrogens is 408 g/mol. The number of hydrogen-bond donors (Lipinski definition) is 1. The van der Waals surface area contributed by atoms with Crippen LogP contribution in [0.25, 0.3) is 0 Å². The number of carbonyl (C=O) groups is 1. The van der Waals surface area contributed by atoms with Gasteiger partial charge in [-0.1, -0.05) is 0 Å². The maximum atomic E-state index is 11.5. The molecule has 1 aliphatic heterocycles. The van der Waals surface area contributed by atoms with Crippen molar-refractivity contribution in [1.82, 2.24) is 9.88 Å². The maximum absolute atomic E-state index is 11.5. The molecule has 1 aromatic carbocycles. The summed E-state index contributed by atoms with van der Waals surface area (Å²) in [4.78, 5) is 18.3. The second-order valence-corrected chi connectivity index (χ2v) is 8.54. The Hall–Kier alpha value is -2.10. The first-order valence-electron chi connectivity index (χ1n) is 9.54. The van der Waals surface area contributed by atoms with Crippen LogP contribution < -0.4 is 10.2 Å². The van der Waals surface area contributed by atoms with Gasteiger partial charge in [0.2, 0.25) is 5.13 Å². The van der Waals surface area contributed by atoms with Gasteiger partial charge >= 0.3 is 5.97 Å². The van der Waals surface area contributed by atoms with E-state index in [1.807, 2.05) is 29.3 Å². The average Bonchev–Trinajstić information content (AvgIpc) is 3.16. The Balaban J connectivity index is 1.59. The summed E-state index contributed by atoms with van der Waals surface area (Å²) in [6.45, 7) is 5.25. The lowest BCUT2D eigenvalue weighted by molar-refractivity contribution is -0.142. The monoisotopic (exact) mass is 434 g/mol. The van der Waals surface area contributed by atoms with Crippen LogP contribution in [0.3, 0.4) is 0 Å². The lowest BCUT2D eigenvalue weighted by atomic mass is 10.1. The lowest BCUT2D eigenvalue weighted by Crippen LogP contribution is -2.32. The van der Waals surface area contributed by atoms with E-state index in [2.05, 4.69) is 26.5 Å². The largest absolute Gasteiger partial charge is 0.496 e. The van der Waals surface area contributed by atoms with Gasteiger partial charge in [-0.05, 0) is 30.7 Å². The van der Waals surface area contributed by atoms with Crippen molar-refractivity contribution in [3.8, 4) is 5.75 Å². The van der Waals surface area contributed by atoms with Gasteiger partial charge in [0.05, 0.1) is 32.0 Å². The third kappa shape index (κ3) is 6.73. The molecule has 156 valence electrons. The van der Waals surface area contributed by atoms with Crippen molar-refractivity contribution in [2.75, 3.05) is 43.7 Å². The molecule has 0 aliphatic carbocycles. The minimum absolute atomic E-state index is 0.173. The molecule has 0 amide bonds. The van der Waals surface area contributed by atoms with E-state index in [1.165, 1.54) is 22.8 Å². The summed E-state index contributed by atoms with van der Waals surface area (Å²) in [5, 5.41) is 6.75. The van der Waals surface area contributed by atoms with Crippen LogP contribution in [-0.2, 0) is 22.5 Å². The number of benzene rings is 1. The van der Waals surface area contributed by atoms with Gasteiger partial charge in [-0.3, -0.25) is 15.1 Å². The Morgan fingerprint density at radius 2 is 2.21 bits per heavy atom. The Morgan fingerprint density at radius 3 is 2.97 bits per heavy atom. The van der Waals surface area contributed by atoms with Crippen LogP contribution in [0.15, 0.2) is 28.7 Å². The number of anilines is 1. The van der Waals surface area contributed by atoms with Crippen LogP contribution in [0.2, 0.25) is 0 Å². The standard InChI is InChI=1S/C20H26N4O3S2/c1-3-27-19(25)11-17-14-29-20(22-17)23-21-12-15-4-5-18(26-2)16(10-15)13-24-6-8-28-9-7-24/h4-5,10,12,14H,3,6-9,11,13H2,1-2H3,(H,22,23). The molecule has 0 spiro atoms. The van der Waals surface area contributed by atoms with Gasteiger partial charge < -0.3 is 9.47 Å². The summed E-state index contributed by atoms with van der Waals surface area (Å²) in [5.41, 5.74) is 5.76. The number of nitrogens with zero attached hydrogens (tertiary/aromatic N) is 3. The highest BCUT2D eigenvalue weighted by Crippen LogP contribution is 2.23. The predicted octanol–water partition coefficient (Wildman–Crippen LogP) is 3.25. The Bertz CT molecular complexity index is 835. The van der Waals surface area contributed by atoms with Crippen LogP contribution in [0.5, 0.6) is 5.75 Å². The maximum Gasteiger partial charge on any atom is 0.311 e. The van der Waals surface area contributed by atoms with Crippen LogP contribution in [0.1, 0.15) is 23.7 Å². The summed E-state index contributed by atoms with van der Waals surface area (Å²) in [7, 11) is 1.70. The third-order valence-electron chi connectivity index (χ3n) is 4.36. The fourth-order valence-electron chi connectivity index (χ4n) is 2.96. The fourth-order valence-corrected chi connectivity index (χ4v) is 4.60. The smallest absolute Gasteiger partial charge is 0.311 e. The molecule has 1 fully saturated rings. The van der Waals surface area contributed by atoms with Crippen molar-refractivity contribution in [2.24, 2.45) is 5.10 Å². The molecule has 0 saturated carbocycles. The van der Waals surface area contributed by atoms with Crippen LogP contribution in [0.4, 0.5) is 5.13 Å². The van der Waals surface area contributed by atoms with E-state index in [4.69, 9.17) is 9.47 Å². The number of hydrogen-bond acceptors (Lipinski definition) is 9. The summed E-state index contributed by atoms with van der Waals surface area (Å²) in [6, 6.07) is 6.07. The number of hydrazone groups is 1. The van der Waals surface area contributed by atoms with Crippen molar-refractivity contribution >= 4 is 40.4 Å². The van der Waals surface area contributed by atoms with Gasteiger partial charge in [0, 0.05) is 42.1 Å². The molecule has 2 heterocycles. The van der Waals surface area contributed by atoms with E-state index >= 15 is 0 Å². The summed E-state index contributed by atoms with van der Waals surface area (Å²) >= 11 is 3.41.